The highest BCUT2D eigenvalue weighted by Crippen LogP contribution is 2.08. The Bertz CT molecular complexity index is 149. The molecule has 2 heteroatoms. The highest BCUT2D eigenvalue weighted by Gasteiger charge is 2.01. The third kappa shape index (κ3) is 7.83. The molecule has 1 unspecified atom stereocenters. The largest absolute Gasteiger partial charge is 0.330 e. The monoisotopic (exact) mass is 182 g/mol. The van der Waals surface area contributed by atoms with E-state index in [0.29, 0.717) is 0 Å². The van der Waals surface area contributed by atoms with Gasteiger partial charge in [-0.3, -0.25) is 4.90 Å². The number of hydrogen-bond acceptors (Lipinski definition) is 2. The molecule has 0 heterocycles. The molecule has 13 heavy (non-hydrogen) atoms. The minimum atomic E-state index is 0.754. The van der Waals surface area contributed by atoms with Crippen LogP contribution in [-0.2, 0) is 0 Å². The van der Waals surface area contributed by atoms with Gasteiger partial charge >= 0.3 is 0 Å². The smallest absolute Gasteiger partial charge is 0.0596 e. The molecule has 76 valence electrons. The number of rotatable bonds is 7. The minimum absolute atomic E-state index is 0.754. The van der Waals surface area contributed by atoms with Crippen LogP contribution in [0.25, 0.3) is 0 Å². The molecule has 0 saturated carbocycles. The maximum absolute atomic E-state index is 5.47. The number of hydrogen-bond donors (Lipinski definition) is 1. The zero-order chi connectivity index (χ0) is 10.1. The first kappa shape index (κ1) is 12.5. The summed E-state index contributed by atoms with van der Waals surface area (Å²) >= 11 is 0. The lowest BCUT2D eigenvalue weighted by atomic mass is 10.0. The van der Waals surface area contributed by atoms with Gasteiger partial charge in [-0.25, -0.2) is 0 Å². The standard InChI is InChI=1S/C11H22N2/c1-4-9-13(3)10-5-6-11(2)7-8-12/h1,11H,5-10,12H2,2-3H3. The first-order chi connectivity index (χ1) is 6.20. The van der Waals surface area contributed by atoms with Gasteiger partial charge in [-0.15, -0.1) is 6.42 Å². The number of nitrogens with zero attached hydrogens (tertiary/aromatic N) is 1. The maximum atomic E-state index is 5.47. The van der Waals surface area contributed by atoms with Crippen LogP contribution < -0.4 is 5.73 Å². The summed E-state index contributed by atoms with van der Waals surface area (Å²) in [7, 11) is 2.06. The van der Waals surface area contributed by atoms with Crippen molar-refractivity contribution in [3.8, 4) is 12.3 Å². The first-order valence-electron chi connectivity index (χ1n) is 5.02. The molecule has 0 aromatic heterocycles. The van der Waals surface area contributed by atoms with Crippen molar-refractivity contribution in [3.05, 3.63) is 0 Å². The second-order valence-corrected chi connectivity index (χ2v) is 3.77. The molecule has 0 aromatic rings. The lowest BCUT2D eigenvalue weighted by Gasteiger charge is -2.15. The molecular formula is C11H22N2. The van der Waals surface area contributed by atoms with Gasteiger partial charge in [0.05, 0.1) is 6.54 Å². The lowest BCUT2D eigenvalue weighted by Crippen LogP contribution is -2.20. The van der Waals surface area contributed by atoms with E-state index in [2.05, 4.69) is 24.8 Å². The van der Waals surface area contributed by atoms with Crippen LogP contribution in [0, 0.1) is 18.3 Å². The van der Waals surface area contributed by atoms with E-state index in [4.69, 9.17) is 12.2 Å². The van der Waals surface area contributed by atoms with Gasteiger partial charge in [-0.2, -0.15) is 0 Å². The predicted octanol–water partition coefficient (Wildman–Crippen LogP) is 1.32. The molecule has 0 saturated heterocycles. The van der Waals surface area contributed by atoms with Crippen molar-refractivity contribution >= 4 is 0 Å². The van der Waals surface area contributed by atoms with Crippen molar-refractivity contribution in [2.75, 3.05) is 26.7 Å². The molecule has 0 bridgehead atoms. The molecular weight excluding hydrogens is 160 g/mol. The van der Waals surface area contributed by atoms with E-state index in [-0.39, 0.29) is 0 Å². The summed E-state index contributed by atoms with van der Waals surface area (Å²) in [6.45, 7) is 4.92. The third-order valence-corrected chi connectivity index (χ3v) is 2.26. The predicted molar refractivity (Wildman–Crippen MR) is 58.4 cm³/mol. The highest BCUT2D eigenvalue weighted by molar-refractivity contribution is 4.86. The number of nitrogens with two attached hydrogens (primary N) is 1. The molecule has 0 rings (SSSR count). The molecule has 0 radical (unpaired) electrons. The van der Waals surface area contributed by atoms with Crippen molar-refractivity contribution in [1.29, 1.82) is 0 Å². The average molecular weight is 182 g/mol. The molecule has 1 atom stereocenters. The second kappa shape index (κ2) is 8.10. The van der Waals surface area contributed by atoms with E-state index in [1.54, 1.807) is 0 Å². The van der Waals surface area contributed by atoms with Crippen LogP contribution >= 0.6 is 0 Å². The van der Waals surface area contributed by atoms with E-state index in [9.17, 15) is 0 Å². The fraction of sp³-hybridized carbons (Fsp3) is 0.818. The molecule has 0 amide bonds. The van der Waals surface area contributed by atoms with Gasteiger partial charge < -0.3 is 5.73 Å². The highest BCUT2D eigenvalue weighted by atomic mass is 15.1. The van der Waals surface area contributed by atoms with Gasteiger partial charge in [0.15, 0.2) is 0 Å². The Kier molecular flexibility index (Phi) is 7.77. The molecule has 0 aliphatic carbocycles. The summed E-state index contributed by atoms with van der Waals surface area (Å²) in [5, 5.41) is 0. The van der Waals surface area contributed by atoms with Crippen LogP contribution in [0.15, 0.2) is 0 Å². The van der Waals surface area contributed by atoms with E-state index in [0.717, 1.165) is 32.0 Å². The summed E-state index contributed by atoms with van der Waals surface area (Å²) < 4.78 is 0. The van der Waals surface area contributed by atoms with Gasteiger partial charge in [-0.05, 0) is 45.3 Å². The lowest BCUT2D eigenvalue weighted by molar-refractivity contribution is 0.345. The van der Waals surface area contributed by atoms with Crippen LogP contribution in [0.1, 0.15) is 26.2 Å². The zero-order valence-corrected chi connectivity index (χ0v) is 8.92. The van der Waals surface area contributed by atoms with Crippen LogP contribution in [0.4, 0.5) is 0 Å². The van der Waals surface area contributed by atoms with E-state index >= 15 is 0 Å². The topological polar surface area (TPSA) is 29.3 Å². The normalized spacial score (nSPS) is 12.8. The first-order valence-corrected chi connectivity index (χ1v) is 5.02. The van der Waals surface area contributed by atoms with E-state index in [1.165, 1.54) is 12.8 Å². The Morgan fingerprint density at radius 1 is 1.46 bits per heavy atom. The third-order valence-electron chi connectivity index (χ3n) is 2.26. The van der Waals surface area contributed by atoms with Crippen molar-refractivity contribution in [2.24, 2.45) is 11.7 Å². The second-order valence-electron chi connectivity index (χ2n) is 3.77. The maximum Gasteiger partial charge on any atom is 0.0596 e. The summed E-state index contributed by atoms with van der Waals surface area (Å²) in [5.41, 5.74) is 5.47. The Morgan fingerprint density at radius 2 is 2.15 bits per heavy atom. The van der Waals surface area contributed by atoms with Gasteiger partial charge in [-0.1, -0.05) is 12.8 Å². The fourth-order valence-electron chi connectivity index (χ4n) is 1.37. The number of terminal acetylenes is 1. The molecule has 0 aliphatic heterocycles. The average Bonchev–Trinajstić information content (AvgIpc) is 2.05. The Balaban J connectivity index is 3.29. The summed E-state index contributed by atoms with van der Waals surface area (Å²) in [4.78, 5) is 2.18. The zero-order valence-electron chi connectivity index (χ0n) is 8.92. The molecule has 0 aromatic carbocycles. The van der Waals surface area contributed by atoms with E-state index < -0.39 is 0 Å². The van der Waals surface area contributed by atoms with Crippen molar-refractivity contribution < 1.29 is 0 Å². The van der Waals surface area contributed by atoms with Crippen molar-refractivity contribution in [3.63, 3.8) is 0 Å². The molecule has 2 nitrogen and oxygen atoms in total. The Labute approximate surface area is 82.5 Å². The minimum Gasteiger partial charge on any atom is -0.330 e. The van der Waals surface area contributed by atoms with Gasteiger partial charge in [0.2, 0.25) is 0 Å². The van der Waals surface area contributed by atoms with E-state index in [1.807, 2.05) is 0 Å². The van der Waals surface area contributed by atoms with Crippen LogP contribution in [0.5, 0.6) is 0 Å². The van der Waals surface area contributed by atoms with Crippen LogP contribution in [-0.4, -0.2) is 31.6 Å². The van der Waals surface area contributed by atoms with Gasteiger partial charge in [0.1, 0.15) is 0 Å². The molecule has 0 aliphatic rings. The summed E-state index contributed by atoms with van der Waals surface area (Å²) in [6, 6.07) is 0. The van der Waals surface area contributed by atoms with Crippen LogP contribution in [0.3, 0.4) is 0 Å². The van der Waals surface area contributed by atoms with Gasteiger partial charge in [0.25, 0.3) is 0 Å². The fourth-order valence-corrected chi connectivity index (χ4v) is 1.37. The van der Waals surface area contributed by atoms with Gasteiger partial charge in [0, 0.05) is 0 Å². The molecule has 2 N–H and O–H groups in total. The molecule has 0 fully saturated rings. The quantitative estimate of drug-likeness (QED) is 0.602. The van der Waals surface area contributed by atoms with Crippen molar-refractivity contribution in [2.45, 2.75) is 26.2 Å². The van der Waals surface area contributed by atoms with Crippen molar-refractivity contribution in [1.82, 2.24) is 4.90 Å². The van der Waals surface area contributed by atoms with Crippen LogP contribution in [0.2, 0.25) is 0 Å². The summed E-state index contributed by atoms with van der Waals surface area (Å²) in [6.07, 6.45) is 8.82. The SMILES string of the molecule is C#CCN(C)CCCC(C)CCN. The summed E-state index contributed by atoms with van der Waals surface area (Å²) in [5.74, 6) is 3.39. The Hall–Kier alpha value is -0.520. The Morgan fingerprint density at radius 3 is 2.69 bits per heavy atom. The molecule has 0 spiro atoms.